The molecule has 1 aliphatic rings. The van der Waals surface area contributed by atoms with Gasteiger partial charge in [-0.3, -0.25) is 4.79 Å². The van der Waals surface area contributed by atoms with Gasteiger partial charge in [0.1, 0.15) is 5.75 Å². The highest BCUT2D eigenvalue weighted by Crippen LogP contribution is 2.19. The maximum absolute atomic E-state index is 12.0. The fraction of sp³-hybridized carbons (Fsp3) is 0.579. The average Bonchev–Trinajstić information content (AvgIpc) is 2.60. The zero-order chi connectivity index (χ0) is 18.1. The number of ether oxygens (including phenoxy) is 1. The Morgan fingerprint density at radius 1 is 1.16 bits per heavy atom. The van der Waals surface area contributed by atoms with Gasteiger partial charge in [-0.05, 0) is 44.0 Å². The van der Waals surface area contributed by atoms with Crippen molar-refractivity contribution in [3.63, 3.8) is 0 Å². The summed E-state index contributed by atoms with van der Waals surface area (Å²) in [6.07, 6.45) is 5.73. The summed E-state index contributed by atoms with van der Waals surface area (Å²) < 4.78 is 5.42. The molecule has 0 aromatic heterocycles. The summed E-state index contributed by atoms with van der Waals surface area (Å²) >= 11 is 0. The van der Waals surface area contributed by atoms with Crippen LogP contribution in [-0.2, 0) is 4.79 Å². The Hall–Kier alpha value is -2.24. The molecule has 2 N–H and O–H groups in total. The number of amides is 3. The van der Waals surface area contributed by atoms with E-state index in [1.165, 1.54) is 26.2 Å². The van der Waals surface area contributed by atoms with Gasteiger partial charge < -0.3 is 20.3 Å². The molecule has 1 fully saturated rings. The van der Waals surface area contributed by atoms with E-state index in [1.54, 1.807) is 4.90 Å². The highest BCUT2D eigenvalue weighted by molar-refractivity contribution is 5.91. The van der Waals surface area contributed by atoms with E-state index >= 15 is 0 Å². The van der Waals surface area contributed by atoms with Crippen molar-refractivity contribution in [2.45, 2.75) is 52.0 Å². The predicted octanol–water partition coefficient (Wildman–Crippen LogP) is 3.07. The van der Waals surface area contributed by atoms with Gasteiger partial charge in [-0.1, -0.05) is 19.3 Å². The Balaban J connectivity index is 1.80. The van der Waals surface area contributed by atoms with Crippen molar-refractivity contribution in [3.05, 3.63) is 24.3 Å². The SMILES string of the molecule is CCOc1ccc(N(CCNC(=O)NC2CCCCC2)C(C)=O)cc1. The van der Waals surface area contributed by atoms with Crippen LogP contribution in [0.25, 0.3) is 0 Å². The van der Waals surface area contributed by atoms with Gasteiger partial charge in [0.2, 0.25) is 5.91 Å². The van der Waals surface area contributed by atoms with E-state index in [0.29, 0.717) is 19.7 Å². The third-order valence-electron chi connectivity index (χ3n) is 4.40. The molecule has 1 aliphatic carbocycles. The summed E-state index contributed by atoms with van der Waals surface area (Å²) in [7, 11) is 0. The number of rotatable bonds is 7. The van der Waals surface area contributed by atoms with E-state index in [9.17, 15) is 9.59 Å². The molecular weight excluding hydrogens is 318 g/mol. The van der Waals surface area contributed by atoms with Gasteiger partial charge in [-0.15, -0.1) is 0 Å². The predicted molar refractivity (Wildman–Crippen MR) is 99.0 cm³/mol. The number of anilines is 1. The van der Waals surface area contributed by atoms with E-state index in [4.69, 9.17) is 4.74 Å². The summed E-state index contributed by atoms with van der Waals surface area (Å²) in [6, 6.07) is 7.53. The fourth-order valence-electron chi connectivity index (χ4n) is 3.12. The van der Waals surface area contributed by atoms with Crippen LogP contribution >= 0.6 is 0 Å². The quantitative estimate of drug-likeness (QED) is 0.796. The number of hydrogen-bond acceptors (Lipinski definition) is 3. The van der Waals surface area contributed by atoms with Crippen molar-refractivity contribution >= 4 is 17.6 Å². The summed E-state index contributed by atoms with van der Waals surface area (Å²) in [6.45, 7) is 4.90. The molecule has 138 valence electrons. The molecule has 25 heavy (non-hydrogen) atoms. The number of hydrogen-bond donors (Lipinski definition) is 2. The molecule has 0 spiro atoms. The molecule has 0 heterocycles. The Bertz CT molecular complexity index is 554. The molecule has 0 radical (unpaired) electrons. The lowest BCUT2D eigenvalue weighted by atomic mass is 9.96. The zero-order valence-electron chi connectivity index (χ0n) is 15.2. The van der Waals surface area contributed by atoms with Gasteiger partial charge in [0.15, 0.2) is 0 Å². The molecule has 3 amide bonds. The van der Waals surface area contributed by atoms with Crippen molar-refractivity contribution in [3.8, 4) is 5.75 Å². The first-order chi connectivity index (χ1) is 12.1. The van der Waals surface area contributed by atoms with Gasteiger partial charge >= 0.3 is 6.03 Å². The van der Waals surface area contributed by atoms with Crippen LogP contribution in [0.2, 0.25) is 0 Å². The summed E-state index contributed by atoms with van der Waals surface area (Å²) in [4.78, 5) is 25.5. The maximum atomic E-state index is 12.0. The molecule has 0 bridgehead atoms. The largest absolute Gasteiger partial charge is 0.494 e. The standard InChI is InChI=1S/C19H29N3O3/c1-3-25-18-11-9-17(10-12-18)22(15(2)23)14-13-20-19(24)21-16-7-5-4-6-8-16/h9-12,16H,3-8,13-14H2,1-2H3,(H2,20,21,24). The lowest BCUT2D eigenvalue weighted by Crippen LogP contribution is -2.45. The minimum absolute atomic E-state index is 0.0568. The fourth-order valence-corrected chi connectivity index (χ4v) is 3.12. The molecule has 1 saturated carbocycles. The number of benzene rings is 1. The molecule has 6 nitrogen and oxygen atoms in total. The van der Waals surface area contributed by atoms with E-state index in [0.717, 1.165) is 24.3 Å². The number of nitrogens with zero attached hydrogens (tertiary/aromatic N) is 1. The summed E-state index contributed by atoms with van der Waals surface area (Å²) in [5.41, 5.74) is 0.797. The van der Waals surface area contributed by atoms with Gasteiger partial charge in [0.25, 0.3) is 0 Å². The van der Waals surface area contributed by atoms with Crippen molar-refractivity contribution in [2.75, 3.05) is 24.6 Å². The van der Waals surface area contributed by atoms with Crippen LogP contribution in [0.3, 0.4) is 0 Å². The van der Waals surface area contributed by atoms with Crippen molar-refractivity contribution in [1.82, 2.24) is 10.6 Å². The second-order valence-electron chi connectivity index (χ2n) is 6.33. The molecule has 1 aromatic carbocycles. The lowest BCUT2D eigenvalue weighted by Gasteiger charge is -2.24. The van der Waals surface area contributed by atoms with E-state index in [1.807, 2.05) is 31.2 Å². The average molecular weight is 347 g/mol. The Labute approximate surface area is 149 Å². The van der Waals surface area contributed by atoms with Crippen LogP contribution in [0.1, 0.15) is 46.0 Å². The molecular formula is C19H29N3O3. The molecule has 2 rings (SSSR count). The molecule has 6 heteroatoms. The number of carbonyl (C=O) groups excluding carboxylic acids is 2. The first-order valence-corrected chi connectivity index (χ1v) is 9.15. The third-order valence-corrected chi connectivity index (χ3v) is 4.40. The second kappa shape index (κ2) is 9.91. The Morgan fingerprint density at radius 3 is 2.44 bits per heavy atom. The molecule has 1 aromatic rings. The summed E-state index contributed by atoms with van der Waals surface area (Å²) in [5.74, 6) is 0.721. The minimum Gasteiger partial charge on any atom is -0.494 e. The van der Waals surface area contributed by atoms with Gasteiger partial charge in [-0.25, -0.2) is 4.79 Å². The van der Waals surface area contributed by atoms with E-state index in [2.05, 4.69) is 10.6 Å². The second-order valence-corrected chi connectivity index (χ2v) is 6.33. The molecule has 0 saturated heterocycles. The molecule has 0 atom stereocenters. The topological polar surface area (TPSA) is 70.7 Å². The Kier molecular flexibility index (Phi) is 7.57. The van der Waals surface area contributed by atoms with Crippen LogP contribution in [0.15, 0.2) is 24.3 Å². The normalized spacial score (nSPS) is 14.6. The first kappa shape index (κ1) is 19.1. The van der Waals surface area contributed by atoms with Crippen LogP contribution < -0.4 is 20.3 Å². The Morgan fingerprint density at radius 2 is 1.84 bits per heavy atom. The van der Waals surface area contributed by atoms with Gasteiger partial charge in [0.05, 0.1) is 6.61 Å². The monoisotopic (exact) mass is 347 g/mol. The lowest BCUT2D eigenvalue weighted by molar-refractivity contribution is -0.116. The van der Waals surface area contributed by atoms with Crippen LogP contribution in [0, 0.1) is 0 Å². The first-order valence-electron chi connectivity index (χ1n) is 9.15. The third kappa shape index (κ3) is 6.29. The van der Waals surface area contributed by atoms with Crippen molar-refractivity contribution in [2.24, 2.45) is 0 Å². The van der Waals surface area contributed by atoms with Crippen LogP contribution in [0.4, 0.5) is 10.5 Å². The smallest absolute Gasteiger partial charge is 0.315 e. The minimum atomic E-state index is -0.151. The highest BCUT2D eigenvalue weighted by atomic mass is 16.5. The van der Waals surface area contributed by atoms with Gasteiger partial charge in [-0.2, -0.15) is 0 Å². The summed E-state index contributed by atoms with van der Waals surface area (Å²) in [5, 5.41) is 5.86. The number of carbonyl (C=O) groups is 2. The zero-order valence-corrected chi connectivity index (χ0v) is 15.2. The van der Waals surface area contributed by atoms with Crippen LogP contribution in [0.5, 0.6) is 5.75 Å². The van der Waals surface area contributed by atoms with Gasteiger partial charge in [0, 0.05) is 31.7 Å². The maximum Gasteiger partial charge on any atom is 0.315 e. The highest BCUT2D eigenvalue weighted by Gasteiger charge is 2.16. The number of urea groups is 1. The molecule has 0 aliphatic heterocycles. The van der Waals surface area contributed by atoms with E-state index in [-0.39, 0.29) is 18.0 Å². The van der Waals surface area contributed by atoms with E-state index < -0.39 is 0 Å². The number of nitrogens with one attached hydrogen (secondary N) is 2. The van der Waals surface area contributed by atoms with Crippen LogP contribution in [-0.4, -0.2) is 37.7 Å². The molecule has 0 unspecified atom stereocenters. The van der Waals surface area contributed by atoms with Crippen molar-refractivity contribution in [1.29, 1.82) is 0 Å². The van der Waals surface area contributed by atoms with Crippen molar-refractivity contribution < 1.29 is 14.3 Å².